The maximum absolute atomic E-state index is 11.3. The number of ether oxygens (including phenoxy) is 1. The van der Waals surface area contributed by atoms with Crippen LogP contribution in [0.15, 0.2) is 0 Å². The normalized spacial score (nSPS) is 11.0. The maximum atomic E-state index is 11.3. The molecule has 0 radical (unpaired) electrons. The number of unbranched alkanes of at least 4 members (excludes halogenated alkanes) is 1. The van der Waals surface area contributed by atoms with Crippen molar-refractivity contribution in [3.8, 4) is 0 Å². The first-order valence-corrected chi connectivity index (χ1v) is 6.45. The predicted octanol–water partition coefficient (Wildman–Crippen LogP) is -0.770. The first-order chi connectivity index (χ1) is 10.4. The Labute approximate surface area is 126 Å². The molecule has 130 valence electrons. The second kappa shape index (κ2) is 13.3. The quantitative estimate of drug-likeness (QED) is 0.164. The number of carbonyl (C=O) groups excluding carboxylic acids is 2. The molecule has 0 saturated heterocycles. The van der Waals surface area contributed by atoms with E-state index in [1.54, 1.807) is 0 Å². The second-order valence-electron chi connectivity index (χ2n) is 3.98. The van der Waals surface area contributed by atoms with E-state index >= 15 is 0 Å². The molecule has 0 saturated carbocycles. The standard InChI is InChI=1S/C10H21N3O9/c14-9(4-3-7-22-13(18)19)11-8-10(15)20-5-1-2-6-21-12(16)17/h16-19H,1-8H2,(H,11,14). The van der Waals surface area contributed by atoms with Crippen LogP contribution in [0, 0.1) is 0 Å². The van der Waals surface area contributed by atoms with Gasteiger partial charge in [-0.2, -0.15) is 0 Å². The minimum atomic E-state index is -0.603. The zero-order chi connectivity index (χ0) is 16.8. The van der Waals surface area contributed by atoms with Gasteiger partial charge in [0.15, 0.2) is 0 Å². The molecule has 0 heterocycles. The summed E-state index contributed by atoms with van der Waals surface area (Å²) in [6, 6.07) is 0. The van der Waals surface area contributed by atoms with Crippen LogP contribution in [0.5, 0.6) is 0 Å². The summed E-state index contributed by atoms with van der Waals surface area (Å²) >= 11 is 0. The highest BCUT2D eigenvalue weighted by Gasteiger charge is 2.07. The number of hydrogen-bond donors (Lipinski definition) is 5. The number of carbonyl (C=O) groups is 2. The van der Waals surface area contributed by atoms with Gasteiger partial charge in [0, 0.05) is 6.42 Å². The first-order valence-electron chi connectivity index (χ1n) is 6.45. The van der Waals surface area contributed by atoms with Crippen LogP contribution < -0.4 is 5.32 Å². The van der Waals surface area contributed by atoms with E-state index in [1.165, 1.54) is 0 Å². The largest absolute Gasteiger partial charge is 0.464 e. The van der Waals surface area contributed by atoms with Crippen LogP contribution in [0.1, 0.15) is 25.7 Å². The van der Waals surface area contributed by atoms with E-state index in [1.807, 2.05) is 0 Å². The SMILES string of the molecule is O=C(CCCON(O)O)NCC(=O)OCCCCON(O)O. The van der Waals surface area contributed by atoms with E-state index in [9.17, 15) is 9.59 Å². The molecule has 0 aliphatic rings. The van der Waals surface area contributed by atoms with Gasteiger partial charge < -0.3 is 10.1 Å². The van der Waals surface area contributed by atoms with Gasteiger partial charge in [-0.3, -0.25) is 40.1 Å². The van der Waals surface area contributed by atoms with Crippen molar-refractivity contribution in [2.75, 3.05) is 26.4 Å². The molecular weight excluding hydrogens is 306 g/mol. The van der Waals surface area contributed by atoms with Crippen LogP contribution in [0.4, 0.5) is 0 Å². The fourth-order valence-electron chi connectivity index (χ4n) is 1.23. The minimum Gasteiger partial charge on any atom is -0.464 e. The number of nitrogens with zero attached hydrogens (tertiary/aromatic N) is 2. The van der Waals surface area contributed by atoms with Gasteiger partial charge in [0.05, 0.1) is 30.6 Å². The molecule has 0 aromatic carbocycles. The molecule has 22 heavy (non-hydrogen) atoms. The molecule has 0 aromatic rings. The lowest BCUT2D eigenvalue weighted by Crippen LogP contribution is -2.31. The van der Waals surface area contributed by atoms with Crippen molar-refractivity contribution in [1.29, 1.82) is 0 Å². The Balaban J connectivity index is 3.42. The summed E-state index contributed by atoms with van der Waals surface area (Å²) in [7, 11) is 0. The Kier molecular flexibility index (Phi) is 12.5. The summed E-state index contributed by atoms with van der Waals surface area (Å²) in [5, 5.41) is 34.4. The molecular formula is C10H21N3O9. The number of amides is 1. The zero-order valence-corrected chi connectivity index (χ0v) is 11.9. The van der Waals surface area contributed by atoms with Crippen LogP contribution in [0.25, 0.3) is 0 Å². The monoisotopic (exact) mass is 327 g/mol. The Morgan fingerprint density at radius 3 is 2.00 bits per heavy atom. The maximum Gasteiger partial charge on any atom is 0.325 e. The van der Waals surface area contributed by atoms with Crippen LogP contribution in [0.2, 0.25) is 0 Å². The van der Waals surface area contributed by atoms with Crippen molar-refractivity contribution < 1.29 is 44.8 Å². The van der Waals surface area contributed by atoms with Gasteiger partial charge in [0.2, 0.25) is 5.91 Å². The third kappa shape index (κ3) is 15.0. The summed E-state index contributed by atoms with van der Waals surface area (Å²) < 4.78 is 4.81. The molecule has 0 aliphatic carbocycles. The smallest absolute Gasteiger partial charge is 0.325 e. The fraction of sp³-hybridized carbons (Fsp3) is 0.800. The van der Waals surface area contributed by atoms with Crippen LogP contribution in [-0.4, -0.2) is 69.9 Å². The van der Waals surface area contributed by atoms with Gasteiger partial charge in [-0.05, 0) is 19.3 Å². The van der Waals surface area contributed by atoms with Gasteiger partial charge in [-0.25, -0.2) is 0 Å². The van der Waals surface area contributed by atoms with Crippen molar-refractivity contribution in [1.82, 2.24) is 16.1 Å². The van der Waals surface area contributed by atoms with Gasteiger partial charge in [-0.1, -0.05) is 0 Å². The molecule has 0 aromatic heterocycles. The summed E-state index contributed by atoms with van der Waals surface area (Å²) in [4.78, 5) is 31.1. The molecule has 0 bridgehead atoms. The van der Waals surface area contributed by atoms with E-state index in [0.717, 1.165) is 0 Å². The lowest BCUT2D eigenvalue weighted by molar-refractivity contribution is -0.492. The number of nitrogens with one attached hydrogen (secondary N) is 1. The summed E-state index contributed by atoms with van der Waals surface area (Å²) in [5.41, 5.74) is 0. The number of rotatable bonds is 13. The van der Waals surface area contributed by atoms with Crippen molar-refractivity contribution in [3.05, 3.63) is 0 Å². The van der Waals surface area contributed by atoms with Crippen molar-refractivity contribution in [2.45, 2.75) is 25.7 Å². The molecule has 0 fully saturated rings. The van der Waals surface area contributed by atoms with E-state index < -0.39 is 22.7 Å². The third-order valence-corrected chi connectivity index (χ3v) is 2.19. The van der Waals surface area contributed by atoms with E-state index in [-0.39, 0.29) is 39.2 Å². The average molecular weight is 327 g/mol. The van der Waals surface area contributed by atoms with E-state index in [0.29, 0.717) is 12.8 Å². The Morgan fingerprint density at radius 1 is 0.864 bits per heavy atom. The summed E-state index contributed by atoms with van der Waals surface area (Å²) in [5.74, 6) is -1.00. The molecule has 12 nitrogen and oxygen atoms in total. The molecule has 0 aliphatic heterocycles. The Morgan fingerprint density at radius 2 is 1.41 bits per heavy atom. The molecule has 12 heteroatoms. The molecule has 1 amide bonds. The van der Waals surface area contributed by atoms with Gasteiger partial charge in [0.25, 0.3) is 0 Å². The lowest BCUT2D eigenvalue weighted by Gasteiger charge is -2.08. The summed E-state index contributed by atoms with van der Waals surface area (Å²) in [6.45, 7) is -0.163. The molecule has 0 atom stereocenters. The van der Waals surface area contributed by atoms with Crippen molar-refractivity contribution >= 4 is 11.9 Å². The van der Waals surface area contributed by atoms with Crippen LogP contribution >= 0.6 is 0 Å². The Hall–Kier alpha value is -1.38. The first kappa shape index (κ1) is 20.6. The van der Waals surface area contributed by atoms with E-state index in [4.69, 9.17) is 25.6 Å². The topological polar surface area (TPSA) is 161 Å². The highest BCUT2D eigenvalue weighted by molar-refractivity contribution is 5.81. The second-order valence-corrected chi connectivity index (χ2v) is 3.98. The predicted molar refractivity (Wildman–Crippen MR) is 65.2 cm³/mol. The van der Waals surface area contributed by atoms with E-state index in [2.05, 4.69) is 15.0 Å². The number of esters is 1. The Bertz CT molecular complexity index is 314. The van der Waals surface area contributed by atoms with Crippen molar-refractivity contribution in [2.24, 2.45) is 0 Å². The zero-order valence-electron chi connectivity index (χ0n) is 11.9. The lowest BCUT2D eigenvalue weighted by atomic mass is 10.3. The molecule has 0 rings (SSSR count). The molecule has 0 spiro atoms. The van der Waals surface area contributed by atoms with Gasteiger partial charge >= 0.3 is 5.97 Å². The van der Waals surface area contributed by atoms with Gasteiger partial charge in [0.1, 0.15) is 6.54 Å². The minimum absolute atomic E-state index is 0.0529. The van der Waals surface area contributed by atoms with Gasteiger partial charge in [-0.15, -0.1) is 0 Å². The highest BCUT2D eigenvalue weighted by atomic mass is 17.1. The van der Waals surface area contributed by atoms with Crippen LogP contribution in [-0.2, 0) is 24.0 Å². The van der Waals surface area contributed by atoms with Crippen LogP contribution in [0.3, 0.4) is 0 Å². The molecule has 5 N–H and O–H groups in total. The molecule has 0 unspecified atom stereocenters. The number of hydrogen-bond acceptors (Lipinski definition) is 11. The average Bonchev–Trinajstić information content (AvgIpc) is 2.44. The summed E-state index contributed by atoms with van der Waals surface area (Å²) in [6.07, 6.45) is 1.20. The highest BCUT2D eigenvalue weighted by Crippen LogP contribution is 1.94. The van der Waals surface area contributed by atoms with Crippen molar-refractivity contribution in [3.63, 3.8) is 0 Å². The fourth-order valence-corrected chi connectivity index (χ4v) is 1.23. The third-order valence-electron chi connectivity index (χ3n) is 2.19.